The van der Waals surface area contributed by atoms with Crippen molar-refractivity contribution in [3.8, 4) is 0 Å². The molecule has 3 unspecified atom stereocenters. The van der Waals surface area contributed by atoms with Crippen molar-refractivity contribution in [2.24, 2.45) is 0 Å². The van der Waals surface area contributed by atoms with Crippen LogP contribution in [0.25, 0.3) is 0 Å². The Balaban J connectivity index is 1.29. The summed E-state index contributed by atoms with van der Waals surface area (Å²) in [6, 6.07) is 19.7. The van der Waals surface area contributed by atoms with Gasteiger partial charge in [-0.15, -0.1) is 0 Å². The summed E-state index contributed by atoms with van der Waals surface area (Å²) in [7, 11) is 0. The minimum atomic E-state index is -0.895. The number of nitrogens with one attached hydrogen (secondary N) is 2. The molecule has 232 valence electrons. The molecule has 0 aromatic heterocycles. The van der Waals surface area contributed by atoms with Gasteiger partial charge >= 0.3 is 0 Å². The van der Waals surface area contributed by atoms with Gasteiger partial charge in [-0.2, -0.15) is 0 Å². The lowest BCUT2D eigenvalue weighted by Crippen LogP contribution is -2.63. The SMILES string of the molecule is CCCC1C(=O)N(CCCc2cccc(Cl)c2)CCN1C(=O)C(Cc1ccc(F)cc1)NC(=O)C1Cc2ccccc2CN1. The second kappa shape index (κ2) is 14.8. The van der Waals surface area contributed by atoms with Gasteiger partial charge in [-0.3, -0.25) is 14.4 Å². The molecule has 3 aromatic rings. The molecule has 0 radical (unpaired) electrons. The quantitative estimate of drug-likeness (QED) is 0.327. The summed E-state index contributed by atoms with van der Waals surface area (Å²) in [6.45, 7) is 3.98. The van der Waals surface area contributed by atoms with E-state index in [1.165, 1.54) is 12.1 Å². The number of aryl methyl sites for hydroxylation is 1. The Morgan fingerprint density at radius 1 is 1.02 bits per heavy atom. The third-order valence-electron chi connectivity index (χ3n) is 8.58. The van der Waals surface area contributed by atoms with E-state index < -0.39 is 18.1 Å². The molecule has 2 N–H and O–H groups in total. The van der Waals surface area contributed by atoms with Crippen molar-refractivity contribution in [2.75, 3.05) is 19.6 Å². The average molecular weight is 619 g/mol. The number of rotatable bonds is 11. The molecule has 0 bridgehead atoms. The van der Waals surface area contributed by atoms with Gasteiger partial charge in [0.05, 0.1) is 6.04 Å². The molecule has 1 fully saturated rings. The summed E-state index contributed by atoms with van der Waals surface area (Å²) < 4.78 is 13.7. The fourth-order valence-corrected chi connectivity index (χ4v) is 6.42. The second-order valence-electron chi connectivity index (χ2n) is 11.7. The van der Waals surface area contributed by atoms with Crippen LogP contribution in [0.4, 0.5) is 4.39 Å². The summed E-state index contributed by atoms with van der Waals surface area (Å²) in [5, 5.41) is 6.99. The molecular formula is C35H40ClFN4O3. The molecule has 7 nitrogen and oxygen atoms in total. The van der Waals surface area contributed by atoms with Gasteiger partial charge in [-0.1, -0.05) is 73.5 Å². The maximum atomic E-state index is 14.2. The third-order valence-corrected chi connectivity index (χ3v) is 8.81. The Morgan fingerprint density at radius 3 is 2.55 bits per heavy atom. The van der Waals surface area contributed by atoms with Crippen molar-refractivity contribution >= 4 is 29.3 Å². The first kappa shape index (κ1) is 31.7. The van der Waals surface area contributed by atoms with E-state index in [0.717, 1.165) is 41.5 Å². The Kier molecular flexibility index (Phi) is 10.7. The summed E-state index contributed by atoms with van der Waals surface area (Å²) in [5.74, 6) is -0.983. The monoisotopic (exact) mass is 618 g/mol. The van der Waals surface area contributed by atoms with Crippen LogP contribution in [0.3, 0.4) is 0 Å². The summed E-state index contributed by atoms with van der Waals surface area (Å²) in [5.41, 5.74) is 4.11. The van der Waals surface area contributed by atoms with Crippen LogP contribution < -0.4 is 10.6 Å². The Morgan fingerprint density at radius 2 is 1.80 bits per heavy atom. The molecule has 2 heterocycles. The highest BCUT2D eigenvalue weighted by Crippen LogP contribution is 2.21. The number of fused-ring (bicyclic) bond motifs is 1. The topological polar surface area (TPSA) is 81.8 Å². The van der Waals surface area contributed by atoms with Crippen molar-refractivity contribution in [3.05, 3.63) is 106 Å². The first-order valence-corrected chi connectivity index (χ1v) is 15.9. The lowest BCUT2D eigenvalue weighted by atomic mass is 9.95. The minimum absolute atomic E-state index is 0.0602. The summed E-state index contributed by atoms with van der Waals surface area (Å²) in [6.07, 6.45) is 3.58. The van der Waals surface area contributed by atoms with Crippen LogP contribution in [-0.4, -0.2) is 65.3 Å². The number of nitrogens with zero attached hydrogens (tertiary/aromatic N) is 2. The van der Waals surface area contributed by atoms with Gasteiger partial charge in [-0.25, -0.2) is 4.39 Å². The zero-order chi connectivity index (χ0) is 31.1. The van der Waals surface area contributed by atoms with E-state index in [9.17, 15) is 18.8 Å². The Bertz CT molecular complexity index is 1470. The number of amides is 3. The molecule has 0 aliphatic carbocycles. The van der Waals surface area contributed by atoms with Crippen LogP contribution >= 0.6 is 11.6 Å². The molecular weight excluding hydrogens is 579 g/mol. The van der Waals surface area contributed by atoms with Gasteiger partial charge in [0.15, 0.2) is 0 Å². The van der Waals surface area contributed by atoms with E-state index >= 15 is 0 Å². The van der Waals surface area contributed by atoms with E-state index in [2.05, 4.69) is 10.6 Å². The van der Waals surface area contributed by atoms with Crippen LogP contribution in [0.5, 0.6) is 0 Å². The molecule has 1 saturated heterocycles. The number of carbonyl (C=O) groups excluding carboxylic acids is 3. The zero-order valence-corrected chi connectivity index (χ0v) is 25.9. The lowest BCUT2D eigenvalue weighted by molar-refractivity contribution is -0.153. The molecule has 5 rings (SSSR count). The highest BCUT2D eigenvalue weighted by molar-refractivity contribution is 6.30. The summed E-state index contributed by atoms with van der Waals surface area (Å²) in [4.78, 5) is 44.9. The Hall–Kier alpha value is -3.75. The number of carbonyl (C=O) groups is 3. The number of hydrogen-bond donors (Lipinski definition) is 2. The number of hydrogen-bond acceptors (Lipinski definition) is 4. The van der Waals surface area contributed by atoms with Crippen LogP contribution in [-0.2, 0) is 40.2 Å². The first-order chi connectivity index (χ1) is 21.3. The second-order valence-corrected chi connectivity index (χ2v) is 12.1. The standard InChI is InChI=1S/C35H40ClFN4O3/c1-2-7-32-35(44)40(17-6-9-24-8-5-12-28(36)20-24)18-19-41(32)34(43)31(21-25-13-15-29(37)16-14-25)39-33(42)30-22-26-10-3-4-11-27(26)23-38-30/h3-5,8,10-16,20,30-32,38H,2,6-7,9,17-19,21-23H2,1H3,(H,39,42). The van der Waals surface area contributed by atoms with Crippen LogP contribution in [0.15, 0.2) is 72.8 Å². The van der Waals surface area contributed by atoms with Gasteiger partial charge < -0.3 is 20.4 Å². The van der Waals surface area contributed by atoms with Crippen molar-refractivity contribution in [1.29, 1.82) is 0 Å². The van der Waals surface area contributed by atoms with E-state index in [1.807, 2.05) is 60.4 Å². The van der Waals surface area contributed by atoms with Crippen LogP contribution in [0.2, 0.25) is 5.02 Å². The number of benzene rings is 3. The van der Waals surface area contributed by atoms with Gasteiger partial charge in [0.25, 0.3) is 0 Å². The molecule has 3 aromatic carbocycles. The van der Waals surface area contributed by atoms with Crippen molar-refractivity contribution in [1.82, 2.24) is 20.4 Å². The van der Waals surface area contributed by atoms with E-state index in [4.69, 9.17) is 11.6 Å². The van der Waals surface area contributed by atoms with Crippen LogP contribution in [0.1, 0.15) is 48.4 Å². The van der Waals surface area contributed by atoms with E-state index in [0.29, 0.717) is 44.0 Å². The van der Waals surface area contributed by atoms with Crippen LogP contribution in [0, 0.1) is 5.82 Å². The molecule has 0 saturated carbocycles. The maximum Gasteiger partial charge on any atom is 0.246 e. The molecule has 2 aliphatic heterocycles. The average Bonchev–Trinajstić information content (AvgIpc) is 3.03. The highest BCUT2D eigenvalue weighted by atomic mass is 35.5. The molecule has 2 aliphatic rings. The van der Waals surface area contributed by atoms with E-state index in [-0.39, 0.29) is 30.0 Å². The highest BCUT2D eigenvalue weighted by Gasteiger charge is 2.40. The first-order valence-electron chi connectivity index (χ1n) is 15.5. The molecule has 0 spiro atoms. The minimum Gasteiger partial charge on any atom is -0.343 e. The largest absolute Gasteiger partial charge is 0.343 e. The normalized spacial score (nSPS) is 18.9. The van der Waals surface area contributed by atoms with Gasteiger partial charge in [0.1, 0.15) is 17.9 Å². The van der Waals surface area contributed by atoms with Crippen molar-refractivity contribution < 1.29 is 18.8 Å². The van der Waals surface area contributed by atoms with E-state index in [1.54, 1.807) is 17.0 Å². The third kappa shape index (κ3) is 7.85. The van der Waals surface area contributed by atoms with Gasteiger partial charge in [0.2, 0.25) is 17.7 Å². The van der Waals surface area contributed by atoms with Crippen molar-refractivity contribution in [3.63, 3.8) is 0 Å². The predicted molar refractivity (Wildman–Crippen MR) is 170 cm³/mol. The number of halogens is 2. The van der Waals surface area contributed by atoms with Gasteiger partial charge in [-0.05, 0) is 72.2 Å². The molecule has 3 atom stereocenters. The fraction of sp³-hybridized carbons (Fsp3) is 0.400. The van der Waals surface area contributed by atoms with Crippen molar-refractivity contribution in [2.45, 2.75) is 70.1 Å². The predicted octanol–water partition coefficient (Wildman–Crippen LogP) is 4.69. The molecule has 3 amide bonds. The summed E-state index contributed by atoms with van der Waals surface area (Å²) >= 11 is 6.13. The zero-order valence-electron chi connectivity index (χ0n) is 25.1. The smallest absolute Gasteiger partial charge is 0.246 e. The fourth-order valence-electron chi connectivity index (χ4n) is 6.21. The number of piperazine rings is 1. The lowest BCUT2D eigenvalue weighted by Gasteiger charge is -2.42. The van der Waals surface area contributed by atoms with Gasteiger partial charge in [0, 0.05) is 37.6 Å². The Labute approximate surface area is 263 Å². The molecule has 9 heteroatoms. The maximum absolute atomic E-state index is 14.2. The molecule has 44 heavy (non-hydrogen) atoms.